The van der Waals surface area contributed by atoms with Gasteiger partial charge in [-0.05, 0) is 11.8 Å². The van der Waals surface area contributed by atoms with Crippen LogP contribution in [-0.2, 0) is 6.54 Å². The molecule has 1 aromatic rings. The predicted octanol–water partition coefficient (Wildman–Crippen LogP) is 0.641. The van der Waals surface area contributed by atoms with Gasteiger partial charge in [-0.3, -0.25) is 0 Å². The summed E-state index contributed by atoms with van der Waals surface area (Å²) in [5, 5.41) is 7.95. The summed E-state index contributed by atoms with van der Waals surface area (Å²) < 4.78 is 2.18. The summed E-state index contributed by atoms with van der Waals surface area (Å²) in [5.74, 6) is 3.74. The van der Waals surface area contributed by atoms with E-state index in [0.29, 0.717) is 0 Å². The van der Waals surface area contributed by atoms with Crippen LogP contribution in [0.3, 0.4) is 0 Å². The maximum atomic E-state index is 4.08. The molecule has 0 radical (unpaired) electrons. The molecule has 3 unspecified atom stereocenters. The number of aromatic nitrogens is 3. The number of hydrogen-bond donors (Lipinski definition) is 0. The van der Waals surface area contributed by atoms with Crippen molar-refractivity contribution >= 4 is 0 Å². The molecule has 0 aromatic carbocycles. The van der Waals surface area contributed by atoms with E-state index in [1.54, 1.807) is 0 Å². The van der Waals surface area contributed by atoms with E-state index in [1.165, 1.54) is 5.82 Å². The molecule has 3 nitrogen and oxygen atoms in total. The Bertz CT molecular complexity index is 278. The minimum absolute atomic E-state index is 0.752. The number of rotatable bonds is 0. The molecule has 10 heavy (non-hydrogen) atoms. The van der Waals surface area contributed by atoms with Crippen LogP contribution in [-0.4, -0.2) is 14.8 Å². The normalized spacial score (nSPS) is 41.1. The predicted molar refractivity (Wildman–Crippen MR) is 35.4 cm³/mol. The molecule has 2 aliphatic rings. The molecule has 3 rings (SSSR count). The quantitative estimate of drug-likeness (QED) is 0.522. The Hall–Kier alpha value is -0.860. The summed E-state index contributed by atoms with van der Waals surface area (Å²) >= 11 is 0. The molecule has 1 aliphatic carbocycles. The van der Waals surface area contributed by atoms with E-state index in [1.807, 2.05) is 6.33 Å². The van der Waals surface area contributed by atoms with Crippen LogP contribution in [0.5, 0.6) is 0 Å². The summed E-state index contributed by atoms with van der Waals surface area (Å²) in [4.78, 5) is 0. The molecule has 0 N–H and O–H groups in total. The summed E-state index contributed by atoms with van der Waals surface area (Å²) in [6.07, 6.45) is 1.84. The maximum Gasteiger partial charge on any atom is 0.136 e. The number of nitrogens with zero attached hydrogens (tertiary/aromatic N) is 3. The van der Waals surface area contributed by atoms with Crippen molar-refractivity contribution in [3.63, 3.8) is 0 Å². The highest BCUT2D eigenvalue weighted by atomic mass is 15.3. The molecule has 0 saturated heterocycles. The van der Waals surface area contributed by atoms with Crippen molar-refractivity contribution in [1.82, 2.24) is 14.8 Å². The highest BCUT2D eigenvalue weighted by Gasteiger charge is 2.54. The van der Waals surface area contributed by atoms with Crippen LogP contribution in [0.15, 0.2) is 6.33 Å². The van der Waals surface area contributed by atoms with Crippen molar-refractivity contribution in [2.24, 2.45) is 11.8 Å². The first-order valence-electron chi connectivity index (χ1n) is 3.75. The molecule has 0 spiro atoms. The number of fused-ring (bicyclic) bond motifs is 3. The van der Waals surface area contributed by atoms with Crippen molar-refractivity contribution in [3.8, 4) is 0 Å². The van der Waals surface area contributed by atoms with E-state index >= 15 is 0 Å². The molecule has 0 bridgehead atoms. The molecule has 1 aliphatic heterocycles. The second-order valence-electron chi connectivity index (χ2n) is 3.39. The van der Waals surface area contributed by atoms with Gasteiger partial charge in [0.2, 0.25) is 0 Å². The summed E-state index contributed by atoms with van der Waals surface area (Å²) in [6.45, 7) is 3.46. The van der Waals surface area contributed by atoms with Gasteiger partial charge in [0.1, 0.15) is 12.2 Å². The lowest BCUT2D eigenvalue weighted by atomic mass is 10.3. The summed E-state index contributed by atoms with van der Waals surface area (Å²) in [7, 11) is 0. The van der Waals surface area contributed by atoms with Crippen molar-refractivity contribution in [1.29, 1.82) is 0 Å². The Labute approximate surface area is 59.1 Å². The lowest BCUT2D eigenvalue weighted by molar-refractivity contribution is 0.606. The van der Waals surface area contributed by atoms with Gasteiger partial charge in [0.05, 0.1) is 0 Å². The zero-order valence-corrected chi connectivity index (χ0v) is 5.86. The molecule has 1 aromatic heterocycles. The summed E-state index contributed by atoms with van der Waals surface area (Å²) in [5.41, 5.74) is 0. The monoisotopic (exact) mass is 135 g/mol. The zero-order valence-electron chi connectivity index (χ0n) is 5.86. The fourth-order valence-corrected chi connectivity index (χ4v) is 2.14. The lowest BCUT2D eigenvalue weighted by Gasteiger charge is -1.97. The van der Waals surface area contributed by atoms with Gasteiger partial charge < -0.3 is 4.57 Å². The molecule has 1 fully saturated rings. The van der Waals surface area contributed by atoms with Crippen molar-refractivity contribution in [3.05, 3.63) is 12.2 Å². The van der Waals surface area contributed by atoms with Crippen LogP contribution in [0.4, 0.5) is 0 Å². The molecule has 2 heterocycles. The molecule has 0 amide bonds. The van der Waals surface area contributed by atoms with Gasteiger partial charge in [0.25, 0.3) is 0 Å². The van der Waals surface area contributed by atoms with Gasteiger partial charge in [0, 0.05) is 12.5 Å². The van der Waals surface area contributed by atoms with Gasteiger partial charge in [-0.1, -0.05) is 6.92 Å². The topological polar surface area (TPSA) is 30.7 Å². The van der Waals surface area contributed by atoms with Crippen LogP contribution in [0.1, 0.15) is 18.7 Å². The lowest BCUT2D eigenvalue weighted by Crippen LogP contribution is -1.98. The van der Waals surface area contributed by atoms with E-state index in [0.717, 1.165) is 24.3 Å². The average Bonchev–Trinajstić information content (AvgIpc) is 2.27. The molecule has 52 valence electrons. The van der Waals surface area contributed by atoms with Gasteiger partial charge in [-0.25, -0.2) is 0 Å². The van der Waals surface area contributed by atoms with Gasteiger partial charge in [0.15, 0.2) is 0 Å². The first-order valence-corrected chi connectivity index (χ1v) is 3.75. The fraction of sp³-hybridized carbons (Fsp3) is 0.714. The second kappa shape index (κ2) is 1.26. The third kappa shape index (κ3) is 0.365. The van der Waals surface area contributed by atoms with Crippen molar-refractivity contribution in [2.45, 2.75) is 19.4 Å². The first kappa shape index (κ1) is 4.88. The molecule has 3 atom stereocenters. The Morgan fingerprint density at radius 1 is 1.70 bits per heavy atom. The smallest absolute Gasteiger partial charge is 0.136 e. The SMILES string of the molecule is CC1C2Cn3cnnc3C12. The van der Waals surface area contributed by atoms with Crippen LogP contribution in [0, 0.1) is 11.8 Å². The average molecular weight is 135 g/mol. The van der Waals surface area contributed by atoms with Gasteiger partial charge in [-0.2, -0.15) is 0 Å². The third-order valence-electron chi connectivity index (χ3n) is 2.91. The Kier molecular flexibility index (Phi) is 0.615. The number of hydrogen-bond acceptors (Lipinski definition) is 2. The maximum absolute atomic E-state index is 4.08. The van der Waals surface area contributed by atoms with Crippen LogP contribution in [0.2, 0.25) is 0 Å². The zero-order chi connectivity index (χ0) is 6.72. The van der Waals surface area contributed by atoms with Crippen molar-refractivity contribution < 1.29 is 0 Å². The highest BCUT2D eigenvalue weighted by molar-refractivity contribution is 5.19. The molecular formula is C7H9N3. The molecular weight excluding hydrogens is 126 g/mol. The van der Waals surface area contributed by atoms with Crippen LogP contribution in [0.25, 0.3) is 0 Å². The van der Waals surface area contributed by atoms with E-state index in [9.17, 15) is 0 Å². The Morgan fingerprint density at radius 3 is 3.50 bits per heavy atom. The Balaban J connectivity index is 2.14. The van der Waals surface area contributed by atoms with Gasteiger partial charge in [-0.15, -0.1) is 10.2 Å². The Morgan fingerprint density at radius 2 is 2.60 bits per heavy atom. The largest absolute Gasteiger partial charge is 0.317 e. The fourth-order valence-electron chi connectivity index (χ4n) is 2.14. The van der Waals surface area contributed by atoms with E-state index in [2.05, 4.69) is 21.7 Å². The third-order valence-corrected chi connectivity index (χ3v) is 2.91. The second-order valence-corrected chi connectivity index (χ2v) is 3.39. The molecule has 1 saturated carbocycles. The van der Waals surface area contributed by atoms with Crippen LogP contribution >= 0.6 is 0 Å². The van der Waals surface area contributed by atoms with E-state index in [-0.39, 0.29) is 0 Å². The summed E-state index contributed by atoms with van der Waals surface area (Å²) in [6, 6.07) is 0. The molecule has 3 heteroatoms. The highest BCUT2D eigenvalue weighted by Crippen LogP contribution is 2.57. The van der Waals surface area contributed by atoms with Gasteiger partial charge >= 0.3 is 0 Å². The van der Waals surface area contributed by atoms with E-state index in [4.69, 9.17) is 0 Å². The van der Waals surface area contributed by atoms with Crippen molar-refractivity contribution in [2.75, 3.05) is 0 Å². The minimum Gasteiger partial charge on any atom is -0.317 e. The standard InChI is InChI=1S/C7H9N3/c1-4-5-2-10-3-8-9-7(10)6(4)5/h3-6H,2H2,1H3. The van der Waals surface area contributed by atoms with Crippen LogP contribution < -0.4 is 0 Å². The van der Waals surface area contributed by atoms with E-state index < -0.39 is 0 Å². The minimum atomic E-state index is 0.752. The first-order chi connectivity index (χ1) is 4.88.